The number of nitrogens with two attached hydrogens (primary N) is 1. The van der Waals surface area contributed by atoms with Gasteiger partial charge in [0.1, 0.15) is 5.84 Å². The molecule has 0 spiro atoms. The Hall–Kier alpha value is -1.65. The summed E-state index contributed by atoms with van der Waals surface area (Å²) in [5.74, 6) is -2.53. The molecule has 1 heterocycles. The Labute approximate surface area is 104 Å². The smallest absolute Gasteiger partial charge is 0.268 e. The van der Waals surface area contributed by atoms with E-state index in [0.717, 1.165) is 0 Å². The van der Waals surface area contributed by atoms with Crippen molar-refractivity contribution in [2.24, 2.45) is 5.92 Å². The minimum Gasteiger partial charge on any atom is -0.398 e. The monoisotopic (exact) mass is 251 g/mol. The summed E-state index contributed by atoms with van der Waals surface area (Å²) in [6, 6.07) is 6.12. The lowest BCUT2D eigenvalue weighted by atomic mass is 10.0. The van der Waals surface area contributed by atoms with Crippen molar-refractivity contribution in [2.45, 2.75) is 24.8 Å². The number of nitrogen functional groups attached to an aromatic ring is 1. The van der Waals surface area contributed by atoms with Crippen LogP contribution < -0.4 is 5.73 Å². The van der Waals surface area contributed by atoms with Gasteiger partial charge in [-0.1, -0.05) is 12.1 Å². The molecule has 3 nitrogen and oxygen atoms in total. The highest BCUT2D eigenvalue weighted by atomic mass is 19.3. The molecule has 5 heteroatoms. The first-order chi connectivity index (χ1) is 8.49. The van der Waals surface area contributed by atoms with Gasteiger partial charge < -0.3 is 10.6 Å². The van der Waals surface area contributed by atoms with Crippen LogP contribution in [0.1, 0.15) is 18.4 Å². The predicted octanol–water partition coefficient (Wildman–Crippen LogP) is 2.32. The van der Waals surface area contributed by atoms with Crippen LogP contribution in [0.3, 0.4) is 0 Å². The van der Waals surface area contributed by atoms with Crippen molar-refractivity contribution in [3.63, 3.8) is 0 Å². The highest BCUT2D eigenvalue weighted by Crippen LogP contribution is 2.48. The number of hydrogen-bond donors (Lipinski definition) is 2. The lowest BCUT2D eigenvalue weighted by Crippen LogP contribution is -2.48. The SMILES string of the molecule is N=C(c1ccccc1N)N1CC2CC1C(F)(F)C2. The van der Waals surface area contributed by atoms with Gasteiger partial charge in [0.15, 0.2) is 0 Å². The molecule has 2 aliphatic rings. The maximum absolute atomic E-state index is 13.7. The Balaban J connectivity index is 1.89. The van der Waals surface area contributed by atoms with Gasteiger partial charge in [-0.05, 0) is 24.5 Å². The van der Waals surface area contributed by atoms with Crippen molar-refractivity contribution < 1.29 is 8.78 Å². The van der Waals surface area contributed by atoms with Gasteiger partial charge in [0.2, 0.25) is 0 Å². The summed E-state index contributed by atoms with van der Waals surface area (Å²) in [4.78, 5) is 1.51. The molecule has 0 radical (unpaired) electrons. The molecule has 1 saturated heterocycles. The molecule has 2 bridgehead atoms. The number of amidine groups is 1. The van der Waals surface area contributed by atoms with E-state index in [9.17, 15) is 8.78 Å². The third-order valence-electron chi connectivity index (χ3n) is 3.94. The quantitative estimate of drug-likeness (QED) is 0.457. The summed E-state index contributed by atoms with van der Waals surface area (Å²) < 4.78 is 27.4. The molecule has 1 aromatic carbocycles. The number of benzene rings is 1. The molecule has 96 valence electrons. The van der Waals surface area contributed by atoms with Crippen LogP contribution in [0.4, 0.5) is 14.5 Å². The molecular formula is C13H15F2N3. The molecule has 18 heavy (non-hydrogen) atoms. The molecule has 0 amide bonds. The number of alkyl halides is 2. The first-order valence-electron chi connectivity index (χ1n) is 6.07. The van der Waals surface area contributed by atoms with Crippen LogP contribution in [0, 0.1) is 11.3 Å². The normalized spacial score (nSPS) is 28.7. The topological polar surface area (TPSA) is 53.1 Å². The fourth-order valence-corrected chi connectivity index (χ4v) is 3.11. The zero-order valence-corrected chi connectivity index (χ0v) is 9.87. The van der Waals surface area contributed by atoms with Crippen LogP contribution in [0.2, 0.25) is 0 Å². The standard InChI is InChI=1S/C13H15F2N3/c14-13(15)6-8-5-11(13)18(7-8)12(17)9-3-1-2-4-10(9)16/h1-4,8,11,17H,5-7,16H2. The molecule has 1 aliphatic heterocycles. The van der Waals surface area contributed by atoms with Gasteiger partial charge in [0.05, 0.1) is 6.04 Å². The molecule has 0 aromatic heterocycles. The van der Waals surface area contributed by atoms with E-state index in [0.29, 0.717) is 24.2 Å². The Morgan fingerprint density at radius 3 is 2.72 bits per heavy atom. The minimum absolute atomic E-state index is 0.00952. The van der Waals surface area contributed by atoms with E-state index in [4.69, 9.17) is 11.1 Å². The zero-order chi connectivity index (χ0) is 12.9. The highest BCUT2D eigenvalue weighted by Gasteiger charge is 2.57. The maximum atomic E-state index is 13.7. The Morgan fingerprint density at radius 1 is 1.39 bits per heavy atom. The third kappa shape index (κ3) is 1.57. The zero-order valence-electron chi connectivity index (χ0n) is 9.87. The fraction of sp³-hybridized carbons (Fsp3) is 0.462. The van der Waals surface area contributed by atoms with Gasteiger partial charge in [-0.3, -0.25) is 5.41 Å². The van der Waals surface area contributed by atoms with Gasteiger partial charge in [0.25, 0.3) is 5.92 Å². The van der Waals surface area contributed by atoms with Crippen molar-refractivity contribution in [2.75, 3.05) is 12.3 Å². The largest absolute Gasteiger partial charge is 0.398 e. The molecule has 2 atom stereocenters. The second-order valence-corrected chi connectivity index (χ2v) is 5.17. The summed E-state index contributed by atoms with van der Waals surface area (Å²) in [7, 11) is 0. The van der Waals surface area contributed by atoms with Crippen molar-refractivity contribution in [3.8, 4) is 0 Å². The van der Waals surface area contributed by atoms with E-state index in [1.165, 1.54) is 4.90 Å². The molecular weight excluding hydrogens is 236 g/mol. The number of likely N-dealkylation sites (tertiary alicyclic amines) is 1. The van der Waals surface area contributed by atoms with E-state index >= 15 is 0 Å². The lowest BCUT2D eigenvalue weighted by Gasteiger charge is -2.35. The van der Waals surface area contributed by atoms with Crippen LogP contribution in [0.5, 0.6) is 0 Å². The van der Waals surface area contributed by atoms with Gasteiger partial charge in [-0.2, -0.15) is 0 Å². The first kappa shape index (κ1) is 11.4. The van der Waals surface area contributed by atoms with Crippen LogP contribution in [-0.2, 0) is 0 Å². The number of rotatable bonds is 1. The predicted molar refractivity (Wildman–Crippen MR) is 65.8 cm³/mol. The van der Waals surface area contributed by atoms with Crippen LogP contribution in [-0.4, -0.2) is 29.2 Å². The average molecular weight is 251 g/mol. The number of hydrogen-bond acceptors (Lipinski definition) is 2. The maximum Gasteiger partial charge on any atom is 0.268 e. The van der Waals surface area contributed by atoms with E-state index in [2.05, 4.69) is 0 Å². The van der Waals surface area contributed by atoms with Crippen molar-refractivity contribution in [1.29, 1.82) is 5.41 Å². The molecule has 3 rings (SSSR count). The lowest BCUT2D eigenvalue weighted by molar-refractivity contribution is -0.0586. The van der Waals surface area contributed by atoms with Gasteiger partial charge in [-0.25, -0.2) is 8.78 Å². The number of nitrogens with one attached hydrogen (secondary N) is 1. The fourth-order valence-electron chi connectivity index (χ4n) is 3.11. The molecule has 3 N–H and O–H groups in total. The average Bonchev–Trinajstić information content (AvgIpc) is 2.84. The molecule has 2 unspecified atom stereocenters. The van der Waals surface area contributed by atoms with Gasteiger partial charge in [0, 0.05) is 24.2 Å². The summed E-state index contributed by atoms with van der Waals surface area (Å²) in [5, 5.41) is 8.11. The van der Waals surface area contributed by atoms with Gasteiger partial charge >= 0.3 is 0 Å². The minimum atomic E-state index is -2.67. The number of para-hydroxylation sites is 1. The number of fused-ring (bicyclic) bond motifs is 2. The van der Waals surface area contributed by atoms with E-state index in [1.807, 2.05) is 0 Å². The Bertz CT molecular complexity index is 501. The third-order valence-corrected chi connectivity index (χ3v) is 3.94. The van der Waals surface area contributed by atoms with Crippen LogP contribution in [0.15, 0.2) is 24.3 Å². The van der Waals surface area contributed by atoms with E-state index < -0.39 is 12.0 Å². The number of anilines is 1. The van der Waals surface area contributed by atoms with Crippen LogP contribution >= 0.6 is 0 Å². The van der Waals surface area contributed by atoms with Crippen molar-refractivity contribution >= 4 is 11.5 Å². The molecule has 1 saturated carbocycles. The van der Waals surface area contributed by atoms with Crippen molar-refractivity contribution in [3.05, 3.63) is 29.8 Å². The summed E-state index contributed by atoms with van der Waals surface area (Å²) >= 11 is 0. The number of halogens is 2. The van der Waals surface area contributed by atoms with Gasteiger partial charge in [-0.15, -0.1) is 0 Å². The van der Waals surface area contributed by atoms with E-state index in [-0.39, 0.29) is 18.2 Å². The Morgan fingerprint density at radius 2 is 2.11 bits per heavy atom. The molecule has 2 fully saturated rings. The highest BCUT2D eigenvalue weighted by molar-refractivity contribution is 6.01. The second-order valence-electron chi connectivity index (χ2n) is 5.17. The van der Waals surface area contributed by atoms with Crippen molar-refractivity contribution in [1.82, 2.24) is 4.90 Å². The Kier molecular flexibility index (Phi) is 2.33. The summed E-state index contributed by atoms with van der Waals surface area (Å²) in [5.41, 5.74) is 6.81. The van der Waals surface area contributed by atoms with E-state index in [1.54, 1.807) is 24.3 Å². The summed E-state index contributed by atoms with van der Waals surface area (Å²) in [6.07, 6.45) is 0.452. The van der Waals surface area contributed by atoms with Crippen LogP contribution in [0.25, 0.3) is 0 Å². The number of piperidine rings is 1. The first-order valence-corrected chi connectivity index (χ1v) is 6.07. The number of nitrogens with zero attached hydrogens (tertiary/aromatic N) is 1. The molecule has 1 aliphatic carbocycles. The molecule has 1 aromatic rings. The second kappa shape index (κ2) is 3.67. The summed E-state index contributed by atoms with van der Waals surface area (Å²) in [6.45, 7) is 0.549.